The van der Waals surface area contributed by atoms with Crippen LogP contribution in [-0.4, -0.2) is 17.5 Å². The van der Waals surface area contributed by atoms with E-state index in [0.717, 1.165) is 12.0 Å². The van der Waals surface area contributed by atoms with Crippen molar-refractivity contribution in [3.05, 3.63) is 34.9 Å². The van der Waals surface area contributed by atoms with Gasteiger partial charge >= 0.3 is 0 Å². The second-order valence-corrected chi connectivity index (χ2v) is 4.96. The number of hydrogen-bond acceptors (Lipinski definition) is 3. The van der Waals surface area contributed by atoms with Gasteiger partial charge in [0.2, 0.25) is 10.8 Å². The summed E-state index contributed by atoms with van der Waals surface area (Å²) in [6.07, 6.45) is 2.02. The average molecular weight is 264 g/mol. The molecule has 0 bridgehead atoms. The minimum Gasteiger partial charge on any atom is -0.352 e. The summed E-state index contributed by atoms with van der Waals surface area (Å²) in [6.45, 7) is 2.47. The van der Waals surface area contributed by atoms with Gasteiger partial charge in [0.05, 0.1) is 11.6 Å². The lowest BCUT2D eigenvalue weighted by Crippen LogP contribution is -2.32. The van der Waals surface area contributed by atoms with Crippen molar-refractivity contribution in [2.24, 2.45) is 0 Å². The van der Waals surface area contributed by atoms with Crippen LogP contribution < -0.4 is 0 Å². The molecule has 0 amide bonds. The highest BCUT2D eigenvalue weighted by molar-refractivity contribution is 6.37. The van der Waals surface area contributed by atoms with Crippen LogP contribution in [0.5, 0.6) is 0 Å². The summed E-state index contributed by atoms with van der Waals surface area (Å²) in [5.74, 6) is -0.192. The zero-order valence-corrected chi connectivity index (χ0v) is 11.0. The maximum atomic E-state index is 12.4. The molecule has 0 radical (unpaired) electrons. The molecule has 3 nitrogen and oxygen atoms in total. The van der Waals surface area contributed by atoms with E-state index in [9.17, 15) is 4.79 Å². The van der Waals surface area contributed by atoms with Crippen LogP contribution in [0.4, 0.5) is 0 Å². The minimum atomic E-state index is -1.21. The van der Waals surface area contributed by atoms with Crippen molar-refractivity contribution in [1.82, 2.24) is 0 Å². The number of ketones is 1. The molecular weight excluding hydrogens is 250 g/mol. The molecule has 1 aliphatic heterocycles. The van der Waals surface area contributed by atoms with Gasteiger partial charge in [0.25, 0.3) is 0 Å². The maximum absolute atomic E-state index is 12.4. The van der Waals surface area contributed by atoms with E-state index in [0.29, 0.717) is 30.6 Å². The Morgan fingerprint density at radius 2 is 2.39 bits per heavy atom. The van der Waals surface area contributed by atoms with Crippen molar-refractivity contribution in [3.8, 4) is 6.07 Å². The van der Waals surface area contributed by atoms with E-state index in [1.54, 1.807) is 18.2 Å². The quantitative estimate of drug-likeness (QED) is 0.622. The molecule has 18 heavy (non-hydrogen) atoms. The fourth-order valence-corrected chi connectivity index (χ4v) is 2.48. The summed E-state index contributed by atoms with van der Waals surface area (Å²) in [5.41, 5.74) is 1.96. The SMILES string of the molecule is CCc1cc(C#N)ccc1C(=O)C1(Cl)CCCO1. The van der Waals surface area contributed by atoms with Gasteiger partial charge in [-0.05, 0) is 36.6 Å². The number of halogens is 1. The van der Waals surface area contributed by atoms with Gasteiger partial charge in [-0.15, -0.1) is 0 Å². The van der Waals surface area contributed by atoms with Gasteiger partial charge in [-0.2, -0.15) is 5.26 Å². The molecule has 1 saturated heterocycles. The van der Waals surface area contributed by atoms with Crippen molar-refractivity contribution < 1.29 is 9.53 Å². The Hall–Kier alpha value is -1.37. The lowest BCUT2D eigenvalue weighted by molar-refractivity contribution is 0.0499. The van der Waals surface area contributed by atoms with E-state index >= 15 is 0 Å². The van der Waals surface area contributed by atoms with Crippen LogP contribution >= 0.6 is 11.6 Å². The molecule has 1 atom stereocenters. The van der Waals surface area contributed by atoms with Crippen molar-refractivity contribution in [2.75, 3.05) is 6.61 Å². The summed E-state index contributed by atoms with van der Waals surface area (Å²) in [4.78, 5) is 12.4. The van der Waals surface area contributed by atoms with Gasteiger partial charge in [-0.3, -0.25) is 4.79 Å². The molecule has 1 fully saturated rings. The Bertz CT molecular complexity index is 513. The Labute approximate surface area is 111 Å². The number of aryl methyl sites for hydroxylation is 1. The molecular formula is C14H14ClNO2. The smallest absolute Gasteiger partial charge is 0.210 e. The molecule has 0 spiro atoms. The van der Waals surface area contributed by atoms with Crippen LogP contribution in [0.1, 0.15) is 41.3 Å². The number of rotatable bonds is 3. The zero-order chi connectivity index (χ0) is 13.2. The van der Waals surface area contributed by atoms with Crippen LogP contribution in [0.15, 0.2) is 18.2 Å². The normalized spacial score (nSPS) is 22.7. The van der Waals surface area contributed by atoms with Crippen LogP contribution in [0, 0.1) is 11.3 Å². The molecule has 4 heteroatoms. The van der Waals surface area contributed by atoms with Crippen LogP contribution in [0.25, 0.3) is 0 Å². The van der Waals surface area contributed by atoms with Gasteiger partial charge in [0.1, 0.15) is 0 Å². The maximum Gasteiger partial charge on any atom is 0.210 e. The Morgan fingerprint density at radius 3 is 2.94 bits per heavy atom. The number of benzene rings is 1. The fourth-order valence-electron chi connectivity index (χ4n) is 2.16. The molecule has 1 aromatic carbocycles. The van der Waals surface area contributed by atoms with E-state index in [1.807, 2.05) is 6.92 Å². The van der Waals surface area contributed by atoms with Crippen molar-refractivity contribution in [3.63, 3.8) is 0 Å². The molecule has 0 saturated carbocycles. The first-order valence-corrected chi connectivity index (χ1v) is 6.39. The highest BCUT2D eigenvalue weighted by Gasteiger charge is 2.41. The number of nitriles is 1. The number of alkyl halides is 1. The standard InChI is InChI=1S/C14H14ClNO2/c1-2-11-8-10(9-16)4-5-12(11)13(17)14(15)6-3-7-18-14/h4-5,8H,2-3,6-7H2,1H3. The number of ether oxygens (including phenoxy) is 1. The number of Topliss-reactive ketones (excluding diaryl/α,β-unsaturated/α-hetero) is 1. The Kier molecular flexibility index (Phi) is 3.70. The second-order valence-electron chi connectivity index (χ2n) is 4.35. The van der Waals surface area contributed by atoms with Gasteiger partial charge in [-0.1, -0.05) is 18.5 Å². The van der Waals surface area contributed by atoms with E-state index in [1.165, 1.54) is 0 Å². The summed E-state index contributed by atoms with van der Waals surface area (Å²) in [6, 6.07) is 7.12. The number of carbonyl (C=O) groups excluding carboxylic acids is 1. The molecule has 1 aliphatic rings. The predicted octanol–water partition coefficient (Wildman–Crippen LogP) is 3.05. The molecule has 1 aromatic rings. The third kappa shape index (κ3) is 2.27. The van der Waals surface area contributed by atoms with Crippen molar-refractivity contribution in [2.45, 2.75) is 31.2 Å². The summed E-state index contributed by atoms with van der Waals surface area (Å²) in [5, 5.41) is 7.65. The Morgan fingerprint density at radius 1 is 1.61 bits per heavy atom. The third-order valence-corrected chi connectivity index (χ3v) is 3.64. The van der Waals surface area contributed by atoms with E-state index in [2.05, 4.69) is 6.07 Å². The molecule has 1 heterocycles. The topological polar surface area (TPSA) is 50.1 Å². The predicted molar refractivity (Wildman–Crippen MR) is 68.6 cm³/mol. The molecule has 94 valence electrons. The molecule has 2 rings (SSSR count). The summed E-state index contributed by atoms with van der Waals surface area (Å²) < 4.78 is 5.36. The first kappa shape index (κ1) is 13.1. The van der Waals surface area contributed by atoms with Gasteiger partial charge in [0, 0.05) is 18.6 Å². The summed E-state index contributed by atoms with van der Waals surface area (Å²) >= 11 is 6.22. The van der Waals surface area contributed by atoms with Gasteiger partial charge in [-0.25, -0.2) is 0 Å². The third-order valence-electron chi connectivity index (χ3n) is 3.17. The molecule has 0 aliphatic carbocycles. The zero-order valence-electron chi connectivity index (χ0n) is 10.2. The number of hydrogen-bond donors (Lipinski definition) is 0. The van der Waals surface area contributed by atoms with Crippen LogP contribution in [0.2, 0.25) is 0 Å². The van der Waals surface area contributed by atoms with Crippen LogP contribution in [-0.2, 0) is 11.2 Å². The largest absolute Gasteiger partial charge is 0.352 e. The lowest BCUT2D eigenvalue weighted by atomic mass is 9.95. The van der Waals surface area contributed by atoms with Crippen molar-refractivity contribution >= 4 is 17.4 Å². The first-order chi connectivity index (χ1) is 8.60. The fraction of sp³-hybridized carbons (Fsp3) is 0.429. The Balaban J connectivity index is 2.39. The second kappa shape index (κ2) is 5.09. The molecule has 0 aromatic heterocycles. The highest BCUT2D eigenvalue weighted by Crippen LogP contribution is 2.34. The molecule has 0 N–H and O–H groups in total. The van der Waals surface area contributed by atoms with Gasteiger partial charge < -0.3 is 4.74 Å². The highest BCUT2D eigenvalue weighted by atomic mass is 35.5. The monoisotopic (exact) mass is 263 g/mol. The summed E-state index contributed by atoms with van der Waals surface area (Å²) in [7, 11) is 0. The van der Waals surface area contributed by atoms with E-state index < -0.39 is 5.06 Å². The van der Waals surface area contributed by atoms with Crippen molar-refractivity contribution in [1.29, 1.82) is 5.26 Å². The minimum absolute atomic E-state index is 0.192. The lowest BCUT2D eigenvalue weighted by Gasteiger charge is -2.20. The van der Waals surface area contributed by atoms with Gasteiger partial charge in [0.15, 0.2) is 0 Å². The number of nitrogens with zero attached hydrogens (tertiary/aromatic N) is 1. The van der Waals surface area contributed by atoms with E-state index in [-0.39, 0.29) is 5.78 Å². The van der Waals surface area contributed by atoms with Crippen LogP contribution in [0.3, 0.4) is 0 Å². The molecule has 1 unspecified atom stereocenters. The first-order valence-electron chi connectivity index (χ1n) is 6.01. The van der Waals surface area contributed by atoms with E-state index in [4.69, 9.17) is 21.6 Å². The number of carbonyl (C=O) groups is 1. The average Bonchev–Trinajstić information content (AvgIpc) is 2.85.